The van der Waals surface area contributed by atoms with Crippen molar-refractivity contribution < 1.29 is 37.6 Å². The first-order valence-electron chi connectivity index (χ1n) is 9.88. The van der Waals surface area contributed by atoms with E-state index >= 15 is 0 Å². The third-order valence-corrected chi connectivity index (χ3v) is 5.88. The van der Waals surface area contributed by atoms with Gasteiger partial charge in [0.2, 0.25) is 0 Å². The first kappa shape index (κ1) is 25.5. The number of nitrogen functional groups attached to an aromatic ring is 1. The molecule has 0 aromatic heterocycles. The van der Waals surface area contributed by atoms with Gasteiger partial charge in [0.1, 0.15) is 11.5 Å². The number of hydrogen-bond donors (Lipinski definition) is 2. The molecule has 0 spiro atoms. The number of carbonyl (C=O) groups excluding carboxylic acids is 2. The second-order valence-electron chi connectivity index (χ2n) is 7.08. The van der Waals surface area contributed by atoms with Crippen LogP contribution in [0.3, 0.4) is 0 Å². The van der Waals surface area contributed by atoms with Gasteiger partial charge in [0, 0.05) is 28.4 Å². The fourth-order valence-corrected chi connectivity index (χ4v) is 4.23. The first-order chi connectivity index (χ1) is 15.1. The van der Waals surface area contributed by atoms with Gasteiger partial charge in [0.05, 0.1) is 26.9 Å². The molecule has 0 aliphatic carbocycles. The van der Waals surface area contributed by atoms with Gasteiger partial charge in [0.15, 0.2) is 12.1 Å². The van der Waals surface area contributed by atoms with Crippen molar-refractivity contribution in [1.29, 1.82) is 0 Å². The molecule has 0 fully saturated rings. The lowest BCUT2D eigenvalue weighted by atomic mass is 10.00. The number of methoxy groups -OCH3 is 2. The molecule has 0 saturated carbocycles. The van der Waals surface area contributed by atoms with Crippen LogP contribution in [0, 0.1) is 0 Å². The van der Waals surface area contributed by atoms with Crippen LogP contribution in [0.4, 0.5) is 5.69 Å². The summed E-state index contributed by atoms with van der Waals surface area (Å²) in [6, 6.07) is 8.07. The Hall–Kier alpha value is -2.71. The Morgan fingerprint density at radius 3 is 2.53 bits per heavy atom. The van der Waals surface area contributed by atoms with Crippen molar-refractivity contribution in [3.8, 4) is 11.5 Å². The zero-order chi connectivity index (χ0) is 23.9. The molecule has 2 aromatic rings. The summed E-state index contributed by atoms with van der Waals surface area (Å²) in [7, 11) is -1.59. The van der Waals surface area contributed by atoms with Gasteiger partial charge in [-0.1, -0.05) is 6.07 Å². The smallest absolute Gasteiger partial charge is 0.472 e. The maximum atomic E-state index is 12.4. The third kappa shape index (κ3) is 6.64. The Morgan fingerprint density at radius 2 is 1.94 bits per heavy atom. The molecule has 174 valence electrons. The third-order valence-electron chi connectivity index (χ3n) is 4.79. The van der Waals surface area contributed by atoms with Crippen molar-refractivity contribution in [2.75, 3.05) is 26.6 Å². The minimum atomic E-state index is -4.44. The number of aryl methyl sites for hydroxylation is 1. The highest BCUT2D eigenvalue weighted by atomic mass is 31.2. The second kappa shape index (κ2) is 11.2. The molecule has 0 aliphatic rings. The topological polar surface area (TPSA) is 134 Å². The van der Waals surface area contributed by atoms with Gasteiger partial charge in [-0.05, 0) is 50.5 Å². The number of nitrogens with two attached hydrogens (primary N) is 1. The standard InChI is InChI=1S/C22H28NO8P/c1-14(25)20-11-18(23)8-7-16(20)6-5-9-30-32(26,27)31-15(2)22-17(13-24)10-19(28-3)12-21(22)29-4/h7-8,10-13,15H,5-6,9,23H2,1-4H3,(H,26,27). The molecule has 3 N–H and O–H groups in total. The Morgan fingerprint density at radius 1 is 1.22 bits per heavy atom. The van der Waals surface area contributed by atoms with Crippen LogP contribution in [-0.4, -0.2) is 37.8 Å². The van der Waals surface area contributed by atoms with Crippen molar-refractivity contribution in [3.63, 3.8) is 0 Å². The van der Waals surface area contributed by atoms with Crippen molar-refractivity contribution in [3.05, 3.63) is 52.6 Å². The predicted molar refractivity (Wildman–Crippen MR) is 119 cm³/mol. The molecule has 10 heteroatoms. The number of rotatable bonds is 12. The highest BCUT2D eigenvalue weighted by molar-refractivity contribution is 7.47. The minimum Gasteiger partial charge on any atom is -0.497 e. The fourth-order valence-electron chi connectivity index (χ4n) is 3.31. The summed E-state index contributed by atoms with van der Waals surface area (Å²) >= 11 is 0. The minimum absolute atomic E-state index is 0.0808. The number of hydrogen-bond acceptors (Lipinski definition) is 8. The highest BCUT2D eigenvalue weighted by Crippen LogP contribution is 2.49. The van der Waals surface area contributed by atoms with E-state index in [1.54, 1.807) is 24.3 Å². The molecule has 32 heavy (non-hydrogen) atoms. The van der Waals surface area contributed by atoms with Crippen molar-refractivity contribution in [2.24, 2.45) is 0 Å². The van der Waals surface area contributed by atoms with E-state index in [1.807, 2.05) is 0 Å². The highest BCUT2D eigenvalue weighted by Gasteiger charge is 2.28. The molecule has 0 amide bonds. The van der Waals surface area contributed by atoms with E-state index in [0.717, 1.165) is 5.56 Å². The Labute approximate surface area is 187 Å². The summed E-state index contributed by atoms with van der Waals surface area (Å²) in [5, 5.41) is 0. The molecule has 2 aromatic carbocycles. The van der Waals surface area contributed by atoms with Crippen LogP contribution in [0.1, 0.15) is 58.2 Å². The largest absolute Gasteiger partial charge is 0.497 e. The quantitative estimate of drug-likeness (QED) is 0.156. The summed E-state index contributed by atoms with van der Waals surface area (Å²) in [6.07, 6.45) is 0.431. The Kier molecular flexibility index (Phi) is 8.98. The van der Waals surface area contributed by atoms with Crippen LogP contribution in [0.15, 0.2) is 30.3 Å². The summed E-state index contributed by atoms with van der Waals surface area (Å²) in [6.45, 7) is 2.88. The molecule has 2 atom stereocenters. The number of carbonyl (C=O) groups is 2. The first-order valence-corrected chi connectivity index (χ1v) is 11.4. The number of Topliss-reactive ketones (excluding diaryl/α,β-unsaturated/α-hetero) is 1. The van der Waals surface area contributed by atoms with Gasteiger partial charge in [-0.3, -0.25) is 18.6 Å². The Bertz CT molecular complexity index is 1020. The second-order valence-corrected chi connectivity index (χ2v) is 8.48. The van der Waals surface area contributed by atoms with Crippen molar-refractivity contribution in [1.82, 2.24) is 0 Å². The lowest BCUT2D eigenvalue weighted by Gasteiger charge is -2.21. The van der Waals surface area contributed by atoms with Crippen LogP contribution in [-0.2, 0) is 20.0 Å². The van der Waals surface area contributed by atoms with Crippen LogP contribution in [0.25, 0.3) is 0 Å². The number of ether oxygens (including phenoxy) is 2. The molecule has 2 unspecified atom stereocenters. The van der Waals surface area contributed by atoms with Gasteiger partial charge in [-0.25, -0.2) is 4.57 Å². The van der Waals surface area contributed by atoms with Crippen LogP contribution >= 0.6 is 7.82 Å². The number of phosphoric ester groups is 1. The summed E-state index contributed by atoms with van der Waals surface area (Å²) in [5.74, 6) is 0.563. The molecule has 0 bridgehead atoms. The number of ketones is 1. The van der Waals surface area contributed by atoms with E-state index in [-0.39, 0.29) is 23.7 Å². The molecule has 0 saturated heterocycles. The molecular formula is C22H28NO8P. The van der Waals surface area contributed by atoms with Crippen LogP contribution < -0.4 is 15.2 Å². The van der Waals surface area contributed by atoms with Gasteiger partial charge in [0.25, 0.3) is 0 Å². The number of benzene rings is 2. The molecule has 0 heterocycles. The van der Waals surface area contributed by atoms with Crippen molar-refractivity contribution >= 4 is 25.6 Å². The van der Waals surface area contributed by atoms with Gasteiger partial charge < -0.3 is 20.1 Å². The molecule has 2 rings (SSSR count). The van der Waals surface area contributed by atoms with Crippen molar-refractivity contribution in [2.45, 2.75) is 32.8 Å². The number of aldehydes is 1. The molecule has 0 aliphatic heterocycles. The maximum Gasteiger partial charge on any atom is 0.472 e. The van der Waals surface area contributed by atoms with Gasteiger partial charge in [-0.2, -0.15) is 0 Å². The predicted octanol–water partition coefficient (Wildman–Crippen LogP) is 4.13. The lowest BCUT2D eigenvalue weighted by Crippen LogP contribution is -2.08. The molecular weight excluding hydrogens is 437 g/mol. The molecule has 9 nitrogen and oxygen atoms in total. The van der Waals surface area contributed by atoms with Gasteiger partial charge in [-0.15, -0.1) is 0 Å². The van der Waals surface area contributed by atoms with Gasteiger partial charge >= 0.3 is 7.82 Å². The average molecular weight is 465 g/mol. The number of phosphoric acid groups is 1. The normalized spacial score (nSPS) is 13.8. The van der Waals surface area contributed by atoms with E-state index < -0.39 is 13.9 Å². The zero-order valence-corrected chi connectivity index (χ0v) is 19.4. The van der Waals surface area contributed by atoms with E-state index in [4.69, 9.17) is 24.3 Å². The Balaban J connectivity index is 2.03. The molecule has 0 radical (unpaired) electrons. The van der Waals surface area contributed by atoms with E-state index in [0.29, 0.717) is 41.7 Å². The summed E-state index contributed by atoms with van der Waals surface area (Å²) in [5.41, 5.74) is 8.00. The SMILES string of the molecule is COc1cc(C=O)c(C(C)OP(=O)(O)OCCCc2ccc(N)cc2C(C)=O)c(OC)c1. The van der Waals surface area contributed by atoms with Crippen LogP contribution in [0.2, 0.25) is 0 Å². The fraction of sp³-hybridized carbons (Fsp3) is 0.364. The maximum absolute atomic E-state index is 12.4. The number of anilines is 1. The zero-order valence-electron chi connectivity index (χ0n) is 18.5. The van der Waals surface area contributed by atoms with E-state index in [2.05, 4.69) is 0 Å². The summed E-state index contributed by atoms with van der Waals surface area (Å²) < 4.78 is 33.2. The lowest BCUT2D eigenvalue weighted by molar-refractivity contribution is 0.101. The monoisotopic (exact) mass is 465 g/mol. The average Bonchev–Trinajstić information content (AvgIpc) is 2.75. The van der Waals surface area contributed by atoms with Crippen LogP contribution in [0.5, 0.6) is 11.5 Å². The summed E-state index contributed by atoms with van der Waals surface area (Å²) in [4.78, 5) is 33.4. The van der Waals surface area contributed by atoms with E-state index in [1.165, 1.54) is 34.1 Å². The van der Waals surface area contributed by atoms with E-state index in [9.17, 15) is 19.0 Å².